The summed E-state index contributed by atoms with van der Waals surface area (Å²) < 4.78 is 23.7. The number of primary amides is 1. The molecule has 2 aliphatic rings. The second-order valence-corrected chi connectivity index (χ2v) is 9.45. The quantitative estimate of drug-likeness (QED) is 0.314. The average Bonchev–Trinajstić information content (AvgIpc) is 3.33. The Morgan fingerprint density at radius 2 is 2.24 bits per heavy atom. The van der Waals surface area contributed by atoms with Gasteiger partial charge in [-0.05, 0) is 37.3 Å². The minimum atomic E-state index is -0.852. The molecule has 0 spiro atoms. The first kappa shape index (κ1) is 25.0. The number of carbonyl (C=O) groups excluding carboxylic acids is 1. The minimum Gasteiger partial charge on any atom is -0.383 e. The first-order valence-corrected chi connectivity index (χ1v) is 12.2. The predicted octanol–water partition coefficient (Wildman–Crippen LogP) is 1.85. The van der Waals surface area contributed by atoms with E-state index in [0.29, 0.717) is 37.0 Å². The second kappa shape index (κ2) is 9.97. The molecule has 1 unspecified atom stereocenters. The Labute approximate surface area is 213 Å². The zero-order chi connectivity index (χ0) is 26.3. The number of nitrogens with one attached hydrogen (secondary N) is 1. The molecule has 1 amide bonds. The number of methoxy groups -OCH3 is 1. The van der Waals surface area contributed by atoms with Gasteiger partial charge in [-0.15, -0.1) is 0 Å². The van der Waals surface area contributed by atoms with Gasteiger partial charge in [0.25, 0.3) is 5.91 Å². The third-order valence-corrected chi connectivity index (χ3v) is 7.02. The molecule has 1 saturated heterocycles. The van der Waals surface area contributed by atoms with Gasteiger partial charge in [0.2, 0.25) is 0 Å². The van der Waals surface area contributed by atoms with E-state index < -0.39 is 18.0 Å². The highest BCUT2D eigenvalue weighted by Crippen LogP contribution is 2.40. The zero-order valence-corrected chi connectivity index (χ0v) is 20.8. The van der Waals surface area contributed by atoms with Crippen LogP contribution in [0.3, 0.4) is 0 Å². The molecule has 3 atom stereocenters. The summed E-state index contributed by atoms with van der Waals surface area (Å²) in [5.41, 5.74) is 7.74. The largest absolute Gasteiger partial charge is 0.383 e. The summed E-state index contributed by atoms with van der Waals surface area (Å²) in [6.45, 7) is 4.53. The van der Waals surface area contributed by atoms with Crippen LogP contribution in [0.15, 0.2) is 31.1 Å². The fourth-order valence-corrected chi connectivity index (χ4v) is 5.09. The monoisotopic (exact) mass is 507 g/mol. The average molecular weight is 508 g/mol. The van der Waals surface area contributed by atoms with E-state index in [1.54, 1.807) is 35.5 Å². The highest BCUT2D eigenvalue weighted by atomic mass is 19.1. The van der Waals surface area contributed by atoms with Gasteiger partial charge in [-0.3, -0.25) is 9.69 Å². The van der Waals surface area contributed by atoms with Crippen LogP contribution in [0.4, 0.5) is 10.2 Å². The molecule has 11 heteroatoms. The van der Waals surface area contributed by atoms with Crippen LogP contribution in [0, 0.1) is 17.7 Å². The summed E-state index contributed by atoms with van der Waals surface area (Å²) >= 11 is 0. The van der Waals surface area contributed by atoms with E-state index >= 15 is 0 Å². The van der Waals surface area contributed by atoms with Crippen molar-refractivity contribution >= 4 is 17.4 Å². The number of nitrogens with two attached hydrogens (primary N) is 1. The van der Waals surface area contributed by atoms with Crippen molar-refractivity contribution in [3.05, 3.63) is 59.4 Å². The molecule has 4 N–H and O–H groups in total. The Hall–Kier alpha value is -3.72. The van der Waals surface area contributed by atoms with E-state index in [4.69, 9.17) is 10.5 Å². The van der Waals surface area contributed by atoms with Crippen molar-refractivity contribution in [2.75, 3.05) is 32.6 Å². The lowest BCUT2D eigenvalue weighted by atomic mass is 10.1. The van der Waals surface area contributed by atoms with Crippen LogP contribution in [0.25, 0.3) is 5.65 Å². The number of carbonyl (C=O) groups is 1. The highest BCUT2D eigenvalue weighted by Gasteiger charge is 2.38. The molecule has 4 heterocycles. The summed E-state index contributed by atoms with van der Waals surface area (Å²) in [5.74, 6) is 5.32. The number of aromatic nitrogens is 4. The Morgan fingerprint density at radius 1 is 1.46 bits per heavy atom. The van der Waals surface area contributed by atoms with Crippen LogP contribution in [0.2, 0.25) is 0 Å². The number of aliphatic hydroxyl groups excluding tert-OH is 1. The van der Waals surface area contributed by atoms with Crippen LogP contribution in [0.1, 0.15) is 58.5 Å². The van der Waals surface area contributed by atoms with Crippen molar-refractivity contribution in [2.45, 2.75) is 43.5 Å². The van der Waals surface area contributed by atoms with Crippen LogP contribution in [0.5, 0.6) is 0 Å². The van der Waals surface area contributed by atoms with Crippen molar-refractivity contribution in [1.82, 2.24) is 24.1 Å². The predicted molar refractivity (Wildman–Crippen MR) is 136 cm³/mol. The zero-order valence-electron chi connectivity index (χ0n) is 20.8. The Bertz CT molecular complexity index is 1410. The third kappa shape index (κ3) is 4.59. The van der Waals surface area contributed by atoms with E-state index in [1.165, 1.54) is 12.3 Å². The lowest BCUT2D eigenvalue weighted by Crippen LogP contribution is -2.40. The smallest absolute Gasteiger partial charge is 0.255 e. The van der Waals surface area contributed by atoms with E-state index in [0.717, 1.165) is 18.5 Å². The van der Waals surface area contributed by atoms with Crippen molar-refractivity contribution < 1.29 is 19.0 Å². The molecule has 0 bridgehead atoms. The second-order valence-electron chi connectivity index (χ2n) is 9.45. The number of hydrogen-bond donors (Lipinski definition) is 3. The molecule has 3 aromatic heterocycles. The number of amides is 1. The molecule has 1 aliphatic heterocycles. The number of hydrogen-bond acceptors (Lipinski definition) is 7. The molecule has 37 heavy (non-hydrogen) atoms. The topological polar surface area (TPSA) is 123 Å². The van der Waals surface area contributed by atoms with E-state index in [9.17, 15) is 14.3 Å². The first-order valence-electron chi connectivity index (χ1n) is 12.2. The first-order chi connectivity index (χ1) is 17.9. The molecule has 2 fully saturated rings. The van der Waals surface area contributed by atoms with E-state index in [1.807, 2.05) is 4.90 Å². The molecule has 0 aromatic carbocycles. The lowest BCUT2D eigenvalue weighted by Gasteiger charge is -2.26. The minimum absolute atomic E-state index is 0.0839. The standard InChI is InChI=1S/C26H30FN7O3/c1-4-23(35)32-12-17(10-18(32)14-37-3)34-26(29-2)24(25(28)36)20(31-34)8-7-16-9-22-30-11-21(15-5-6-15)33(22)13-19(16)27/h4,9,11,13,15,17-18,23,29,35H,1,5-6,10,12,14H2,2-3H3,(H2,28,36)/t17-,18+,23?/m0/s1. The number of pyridine rings is 1. The number of rotatable bonds is 8. The molecule has 1 saturated carbocycles. The Morgan fingerprint density at radius 3 is 2.89 bits per heavy atom. The molecule has 194 valence electrons. The van der Waals surface area contributed by atoms with Gasteiger partial charge in [-0.2, -0.15) is 5.10 Å². The third-order valence-electron chi connectivity index (χ3n) is 7.02. The molecule has 0 radical (unpaired) electrons. The van der Waals surface area contributed by atoms with Crippen molar-refractivity contribution in [3.8, 4) is 11.8 Å². The van der Waals surface area contributed by atoms with Gasteiger partial charge < -0.3 is 25.3 Å². The SMILES string of the molecule is C=CC(O)N1C[C@@H](n2nc(C#Cc3cc4ncc(C5CC5)n4cc3F)c(C(N)=O)c2NC)C[C@@H]1COC. The van der Waals surface area contributed by atoms with Crippen LogP contribution in [-0.4, -0.2) is 74.7 Å². The maximum absolute atomic E-state index is 15.0. The van der Waals surface area contributed by atoms with E-state index in [2.05, 4.69) is 33.8 Å². The molecular weight excluding hydrogens is 477 g/mol. The van der Waals surface area contributed by atoms with Gasteiger partial charge in [0.05, 0.1) is 18.2 Å². The highest BCUT2D eigenvalue weighted by molar-refractivity contribution is 6.00. The summed E-state index contributed by atoms with van der Waals surface area (Å²) in [6.07, 6.45) is 6.56. The molecular formula is C26H30FN7O3. The number of halogens is 1. The van der Waals surface area contributed by atoms with Crippen molar-refractivity contribution in [3.63, 3.8) is 0 Å². The lowest BCUT2D eigenvalue weighted by molar-refractivity contribution is 0.00605. The number of aliphatic hydroxyl groups is 1. The normalized spacial score (nSPS) is 20.5. The fraction of sp³-hybridized carbons (Fsp3) is 0.423. The maximum Gasteiger partial charge on any atom is 0.255 e. The Balaban J connectivity index is 1.51. The molecule has 3 aromatic rings. The number of nitrogens with zero attached hydrogens (tertiary/aromatic N) is 5. The van der Waals surface area contributed by atoms with E-state index in [-0.39, 0.29) is 28.9 Å². The summed E-state index contributed by atoms with van der Waals surface area (Å²) in [5, 5.41) is 18.0. The molecule has 10 nitrogen and oxygen atoms in total. The van der Waals surface area contributed by atoms with Crippen LogP contribution < -0.4 is 11.1 Å². The molecule has 1 aliphatic carbocycles. The van der Waals surface area contributed by atoms with Crippen molar-refractivity contribution in [2.24, 2.45) is 5.73 Å². The van der Waals surface area contributed by atoms with Crippen LogP contribution in [-0.2, 0) is 4.74 Å². The van der Waals surface area contributed by atoms with Gasteiger partial charge in [-0.1, -0.05) is 12.5 Å². The van der Waals surface area contributed by atoms with Crippen molar-refractivity contribution in [1.29, 1.82) is 0 Å². The van der Waals surface area contributed by atoms with Gasteiger partial charge in [0.1, 0.15) is 23.3 Å². The summed E-state index contributed by atoms with van der Waals surface area (Å²) in [6, 6.07) is 1.30. The number of imidazole rings is 1. The summed E-state index contributed by atoms with van der Waals surface area (Å²) in [4.78, 5) is 18.7. The van der Waals surface area contributed by atoms with Crippen LogP contribution >= 0.6 is 0 Å². The number of likely N-dealkylation sites (tertiary alicyclic amines) is 1. The van der Waals surface area contributed by atoms with Gasteiger partial charge >= 0.3 is 0 Å². The van der Waals surface area contributed by atoms with Gasteiger partial charge in [0, 0.05) is 50.7 Å². The Kier molecular flexibility index (Phi) is 6.72. The number of ether oxygens (including phenoxy) is 1. The number of fused-ring (bicyclic) bond motifs is 1. The van der Waals surface area contributed by atoms with Gasteiger partial charge in [0.15, 0.2) is 11.5 Å². The molecule has 5 rings (SSSR count). The maximum atomic E-state index is 15.0. The number of anilines is 1. The van der Waals surface area contributed by atoms with Gasteiger partial charge in [-0.25, -0.2) is 14.1 Å². The fourth-order valence-electron chi connectivity index (χ4n) is 5.09. The summed E-state index contributed by atoms with van der Waals surface area (Å²) in [7, 11) is 3.27.